The number of imidazole rings is 1. The summed E-state index contributed by atoms with van der Waals surface area (Å²) in [5.41, 5.74) is 5.82. The first-order chi connectivity index (χ1) is 9.02. The van der Waals surface area contributed by atoms with E-state index in [1.54, 1.807) is 13.3 Å². The van der Waals surface area contributed by atoms with Crippen molar-refractivity contribution < 1.29 is 4.74 Å². The molecule has 1 unspecified atom stereocenters. The van der Waals surface area contributed by atoms with Gasteiger partial charge in [-0.15, -0.1) is 24.0 Å². The lowest BCUT2D eigenvalue weighted by Crippen LogP contribution is -2.40. The van der Waals surface area contributed by atoms with E-state index < -0.39 is 0 Å². The average molecular weight is 395 g/mol. The maximum atomic E-state index is 5.82. The summed E-state index contributed by atoms with van der Waals surface area (Å²) < 4.78 is 7.14. The van der Waals surface area contributed by atoms with Gasteiger partial charge in [0.1, 0.15) is 12.4 Å². The lowest BCUT2D eigenvalue weighted by atomic mass is 10.2. The normalized spacial score (nSPS) is 13.2. The summed E-state index contributed by atoms with van der Waals surface area (Å²) in [4.78, 5) is 8.61. The van der Waals surface area contributed by atoms with Crippen molar-refractivity contribution in [3.63, 3.8) is 0 Å². The fourth-order valence-corrected chi connectivity index (χ4v) is 1.80. The van der Waals surface area contributed by atoms with Gasteiger partial charge in [-0.2, -0.15) is 0 Å². The molecule has 1 rings (SSSR count). The Kier molecular flexibility index (Phi) is 9.56. The van der Waals surface area contributed by atoms with Gasteiger partial charge in [0, 0.05) is 32.1 Å². The van der Waals surface area contributed by atoms with E-state index in [0.717, 1.165) is 12.4 Å². The number of halogens is 1. The molecular formula is C13H26IN5O. The summed E-state index contributed by atoms with van der Waals surface area (Å²) in [5, 5.41) is 3.07. The molecule has 3 N–H and O–H groups in total. The first kappa shape index (κ1) is 19.2. The monoisotopic (exact) mass is 395 g/mol. The minimum Gasteiger partial charge on any atom is -0.383 e. The molecule has 0 fully saturated rings. The van der Waals surface area contributed by atoms with Crippen LogP contribution in [-0.4, -0.2) is 35.3 Å². The van der Waals surface area contributed by atoms with E-state index in [-0.39, 0.29) is 30.0 Å². The highest BCUT2D eigenvalue weighted by Gasteiger charge is 2.05. The van der Waals surface area contributed by atoms with E-state index in [4.69, 9.17) is 10.5 Å². The Hall–Kier alpha value is -0.830. The fraction of sp³-hybridized carbons (Fsp3) is 0.692. The molecule has 0 aliphatic rings. The number of nitrogens with zero attached hydrogens (tertiary/aromatic N) is 3. The van der Waals surface area contributed by atoms with Crippen molar-refractivity contribution in [3.8, 4) is 0 Å². The number of aromatic nitrogens is 2. The number of aliphatic imine (C=N–C) groups is 1. The Morgan fingerprint density at radius 3 is 2.80 bits per heavy atom. The highest BCUT2D eigenvalue weighted by molar-refractivity contribution is 14.0. The Bertz CT molecular complexity index is 405. The molecule has 1 heterocycles. The van der Waals surface area contributed by atoms with Crippen LogP contribution < -0.4 is 11.1 Å². The first-order valence-electron chi connectivity index (χ1n) is 6.58. The molecule has 0 amide bonds. The Morgan fingerprint density at radius 2 is 2.20 bits per heavy atom. The summed E-state index contributed by atoms with van der Waals surface area (Å²) >= 11 is 0. The minimum atomic E-state index is 0. The van der Waals surface area contributed by atoms with Crippen LogP contribution >= 0.6 is 24.0 Å². The highest BCUT2D eigenvalue weighted by Crippen LogP contribution is 2.04. The van der Waals surface area contributed by atoms with Crippen molar-refractivity contribution in [2.75, 3.05) is 13.7 Å². The predicted octanol–water partition coefficient (Wildman–Crippen LogP) is 1.60. The smallest absolute Gasteiger partial charge is 0.189 e. The van der Waals surface area contributed by atoms with E-state index in [1.165, 1.54) is 0 Å². The van der Waals surface area contributed by atoms with Crippen LogP contribution in [0.4, 0.5) is 0 Å². The van der Waals surface area contributed by atoms with Crippen LogP contribution in [0.5, 0.6) is 0 Å². The van der Waals surface area contributed by atoms with Gasteiger partial charge in [0.2, 0.25) is 0 Å². The van der Waals surface area contributed by atoms with Gasteiger partial charge in [0.25, 0.3) is 0 Å². The average Bonchev–Trinajstić information content (AvgIpc) is 2.73. The zero-order valence-corrected chi connectivity index (χ0v) is 15.0. The molecule has 116 valence electrons. The second-order valence-corrected chi connectivity index (χ2v) is 5.09. The largest absolute Gasteiger partial charge is 0.383 e. The van der Waals surface area contributed by atoms with Crippen molar-refractivity contribution in [2.24, 2.45) is 16.6 Å². The molecule has 1 atom stereocenters. The molecular weight excluding hydrogens is 369 g/mol. The molecule has 1 aromatic rings. The lowest BCUT2D eigenvalue weighted by molar-refractivity contribution is 0.179. The zero-order chi connectivity index (χ0) is 14.3. The number of hydrogen-bond donors (Lipinski definition) is 2. The molecule has 6 nitrogen and oxygen atoms in total. The minimum absolute atomic E-state index is 0. The third-order valence-corrected chi connectivity index (χ3v) is 2.57. The van der Waals surface area contributed by atoms with Crippen molar-refractivity contribution in [1.82, 2.24) is 14.9 Å². The third-order valence-electron chi connectivity index (χ3n) is 2.57. The number of ether oxygens (including phenoxy) is 1. The SMILES string of the molecule is COCC(C)NC(N)=NCc1nccn1CC(C)C.I. The van der Waals surface area contributed by atoms with E-state index in [9.17, 15) is 0 Å². The number of guanidine groups is 1. The number of rotatable bonds is 7. The number of nitrogens with two attached hydrogens (primary N) is 1. The third kappa shape index (κ3) is 7.09. The Morgan fingerprint density at radius 1 is 1.50 bits per heavy atom. The molecule has 0 aliphatic carbocycles. The number of methoxy groups -OCH3 is 1. The van der Waals surface area contributed by atoms with Crippen LogP contribution in [0.2, 0.25) is 0 Å². The van der Waals surface area contributed by atoms with Gasteiger partial charge in [-0.3, -0.25) is 0 Å². The topological polar surface area (TPSA) is 77.5 Å². The second kappa shape index (κ2) is 9.98. The molecule has 0 saturated heterocycles. The van der Waals surface area contributed by atoms with Crippen LogP contribution in [0.15, 0.2) is 17.4 Å². The quantitative estimate of drug-likeness (QED) is 0.418. The van der Waals surface area contributed by atoms with Crippen molar-refractivity contribution in [2.45, 2.75) is 39.9 Å². The van der Waals surface area contributed by atoms with Crippen LogP contribution in [0.3, 0.4) is 0 Å². The van der Waals surface area contributed by atoms with Gasteiger partial charge >= 0.3 is 0 Å². The molecule has 1 aromatic heterocycles. The molecule has 0 radical (unpaired) electrons. The van der Waals surface area contributed by atoms with E-state index in [2.05, 4.69) is 33.7 Å². The van der Waals surface area contributed by atoms with Crippen LogP contribution in [-0.2, 0) is 17.8 Å². The molecule has 0 aliphatic heterocycles. The van der Waals surface area contributed by atoms with Crippen molar-refractivity contribution >= 4 is 29.9 Å². The molecule has 7 heteroatoms. The molecule has 0 spiro atoms. The Balaban J connectivity index is 0.00000361. The standard InChI is InChI=1S/C13H25N5O.HI/c1-10(2)8-18-6-5-15-12(18)7-16-13(14)17-11(3)9-19-4;/h5-6,10-11H,7-9H2,1-4H3,(H3,14,16,17);1H. The first-order valence-corrected chi connectivity index (χ1v) is 6.58. The summed E-state index contributed by atoms with van der Waals surface area (Å²) in [6.07, 6.45) is 3.77. The van der Waals surface area contributed by atoms with E-state index in [0.29, 0.717) is 25.0 Å². The maximum absolute atomic E-state index is 5.82. The number of hydrogen-bond acceptors (Lipinski definition) is 3. The number of nitrogens with one attached hydrogen (secondary N) is 1. The molecule has 0 saturated carbocycles. The molecule has 0 bridgehead atoms. The van der Waals surface area contributed by atoms with Gasteiger partial charge in [-0.05, 0) is 12.8 Å². The summed E-state index contributed by atoms with van der Waals surface area (Å²) in [6, 6.07) is 0.143. The lowest BCUT2D eigenvalue weighted by Gasteiger charge is -2.13. The van der Waals surface area contributed by atoms with Gasteiger partial charge in [-0.1, -0.05) is 13.8 Å². The summed E-state index contributed by atoms with van der Waals surface area (Å²) in [6.45, 7) is 8.37. The Labute approximate surface area is 138 Å². The van der Waals surface area contributed by atoms with Crippen LogP contribution in [0.25, 0.3) is 0 Å². The predicted molar refractivity (Wildman–Crippen MR) is 92.3 cm³/mol. The van der Waals surface area contributed by atoms with E-state index >= 15 is 0 Å². The van der Waals surface area contributed by atoms with E-state index in [1.807, 2.05) is 13.1 Å². The van der Waals surface area contributed by atoms with Crippen molar-refractivity contribution in [1.29, 1.82) is 0 Å². The zero-order valence-electron chi connectivity index (χ0n) is 12.7. The molecule has 20 heavy (non-hydrogen) atoms. The summed E-state index contributed by atoms with van der Waals surface area (Å²) in [7, 11) is 1.66. The van der Waals surface area contributed by atoms with Crippen molar-refractivity contribution in [3.05, 3.63) is 18.2 Å². The highest BCUT2D eigenvalue weighted by atomic mass is 127. The van der Waals surface area contributed by atoms with Crippen LogP contribution in [0, 0.1) is 5.92 Å². The molecule has 0 aromatic carbocycles. The summed E-state index contributed by atoms with van der Waals surface area (Å²) in [5.74, 6) is 1.93. The van der Waals surface area contributed by atoms with Crippen LogP contribution in [0.1, 0.15) is 26.6 Å². The van der Waals surface area contributed by atoms with Gasteiger partial charge in [0.05, 0.1) is 6.61 Å². The fourth-order valence-electron chi connectivity index (χ4n) is 1.80. The second-order valence-electron chi connectivity index (χ2n) is 5.09. The van der Waals surface area contributed by atoms with Gasteiger partial charge in [-0.25, -0.2) is 9.98 Å². The maximum Gasteiger partial charge on any atom is 0.189 e. The van der Waals surface area contributed by atoms with Gasteiger partial charge < -0.3 is 20.4 Å². The van der Waals surface area contributed by atoms with Gasteiger partial charge in [0.15, 0.2) is 5.96 Å².